The van der Waals surface area contributed by atoms with Gasteiger partial charge in [0.25, 0.3) is 0 Å². The van der Waals surface area contributed by atoms with Crippen LogP contribution in [-0.2, 0) is 14.3 Å². The van der Waals surface area contributed by atoms with Gasteiger partial charge in [-0.05, 0) is 19.4 Å². The third kappa shape index (κ3) is 1.11. The second kappa shape index (κ2) is 2.38. The van der Waals surface area contributed by atoms with Crippen molar-refractivity contribution in [2.45, 2.75) is 20.0 Å². The molecule has 4 heteroatoms. The van der Waals surface area contributed by atoms with E-state index in [0.717, 1.165) is 0 Å². The van der Waals surface area contributed by atoms with Gasteiger partial charge in [0, 0.05) is 0 Å². The summed E-state index contributed by atoms with van der Waals surface area (Å²) in [6.07, 6.45) is -0.395. The second-order valence-electron chi connectivity index (χ2n) is 2.41. The van der Waals surface area contributed by atoms with Gasteiger partial charge in [-0.25, -0.2) is 9.59 Å². The van der Waals surface area contributed by atoms with Gasteiger partial charge in [-0.2, -0.15) is 0 Å². The Morgan fingerprint density at radius 2 is 2.18 bits per heavy atom. The van der Waals surface area contributed by atoms with E-state index >= 15 is 0 Å². The summed E-state index contributed by atoms with van der Waals surface area (Å²) in [5.41, 5.74) is 0.264. The maximum Gasteiger partial charge on any atom is 0.346 e. The SMILES string of the molecule is CC1=C(C(=O)O)C(=O)OC1C. The Hall–Kier alpha value is -1.32. The lowest BCUT2D eigenvalue weighted by Crippen LogP contribution is -2.09. The maximum atomic E-state index is 10.8. The predicted octanol–water partition coefficient (Wildman–Crippen LogP) is 0.333. The highest BCUT2D eigenvalue weighted by Gasteiger charge is 2.32. The van der Waals surface area contributed by atoms with E-state index in [-0.39, 0.29) is 5.57 Å². The van der Waals surface area contributed by atoms with E-state index in [4.69, 9.17) is 5.11 Å². The molecule has 1 rings (SSSR count). The molecule has 4 nitrogen and oxygen atoms in total. The molecule has 0 aromatic rings. The Morgan fingerprint density at radius 3 is 2.36 bits per heavy atom. The van der Waals surface area contributed by atoms with Gasteiger partial charge in [0.15, 0.2) is 0 Å². The first kappa shape index (κ1) is 7.78. The minimum atomic E-state index is -1.21. The molecule has 0 amide bonds. The van der Waals surface area contributed by atoms with Gasteiger partial charge >= 0.3 is 11.9 Å². The standard InChI is InChI=1S/C7H8O4/c1-3-4(2)11-7(10)5(3)6(8)9/h4H,1-2H3,(H,8,9). The molecule has 0 aliphatic carbocycles. The van der Waals surface area contributed by atoms with E-state index in [2.05, 4.69) is 4.74 Å². The third-order valence-corrected chi connectivity index (χ3v) is 1.71. The van der Waals surface area contributed by atoms with Crippen LogP contribution < -0.4 is 0 Å². The average molecular weight is 156 g/mol. The average Bonchev–Trinajstić information content (AvgIpc) is 2.07. The fourth-order valence-corrected chi connectivity index (χ4v) is 0.928. The van der Waals surface area contributed by atoms with Crippen LogP contribution in [0.25, 0.3) is 0 Å². The number of hydrogen-bond donors (Lipinski definition) is 1. The molecule has 0 aromatic carbocycles. The Kier molecular flexibility index (Phi) is 1.68. The quantitative estimate of drug-likeness (QED) is 0.439. The van der Waals surface area contributed by atoms with Crippen molar-refractivity contribution in [3.05, 3.63) is 11.1 Å². The minimum Gasteiger partial charge on any atom is -0.477 e. The Bertz CT molecular complexity index is 251. The van der Waals surface area contributed by atoms with Crippen LogP contribution in [0.2, 0.25) is 0 Å². The molecule has 0 saturated heterocycles. The number of ether oxygens (including phenoxy) is 1. The zero-order chi connectivity index (χ0) is 8.59. The predicted molar refractivity (Wildman–Crippen MR) is 35.9 cm³/mol. The number of aliphatic carboxylic acids is 1. The highest BCUT2D eigenvalue weighted by molar-refractivity contribution is 6.15. The number of hydrogen-bond acceptors (Lipinski definition) is 3. The molecule has 1 unspecified atom stereocenters. The van der Waals surface area contributed by atoms with Crippen molar-refractivity contribution in [2.75, 3.05) is 0 Å². The second-order valence-corrected chi connectivity index (χ2v) is 2.41. The van der Waals surface area contributed by atoms with Gasteiger partial charge in [-0.3, -0.25) is 0 Å². The lowest BCUT2D eigenvalue weighted by molar-refractivity contribution is -0.143. The summed E-state index contributed by atoms with van der Waals surface area (Å²) >= 11 is 0. The molecule has 1 atom stereocenters. The van der Waals surface area contributed by atoms with Crippen LogP contribution >= 0.6 is 0 Å². The van der Waals surface area contributed by atoms with Gasteiger partial charge < -0.3 is 9.84 Å². The first-order valence-electron chi connectivity index (χ1n) is 3.19. The van der Waals surface area contributed by atoms with Crippen LogP contribution in [0, 0.1) is 0 Å². The van der Waals surface area contributed by atoms with Crippen molar-refractivity contribution in [2.24, 2.45) is 0 Å². The van der Waals surface area contributed by atoms with Gasteiger partial charge in [-0.15, -0.1) is 0 Å². The fraction of sp³-hybridized carbons (Fsp3) is 0.429. The molecule has 60 valence electrons. The van der Waals surface area contributed by atoms with E-state index in [9.17, 15) is 9.59 Å². The van der Waals surface area contributed by atoms with Crippen LogP contribution in [0.3, 0.4) is 0 Å². The van der Waals surface area contributed by atoms with Crippen molar-refractivity contribution >= 4 is 11.9 Å². The molecule has 1 aliphatic rings. The van der Waals surface area contributed by atoms with Crippen molar-refractivity contribution in [3.63, 3.8) is 0 Å². The molecule has 1 N–H and O–H groups in total. The molecule has 0 radical (unpaired) electrons. The van der Waals surface area contributed by atoms with Gasteiger partial charge in [0.05, 0.1) is 0 Å². The summed E-state index contributed by atoms with van der Waals surface area (Å²) in [4.78, 5) is 21.2. The van der Waals surface area contributed by atoms with Crippen molar-refractivity contribution in [1.29, 1.82) is 0 Å². The number of esters is 1. The molecule has 0 bridgehead atoms. The molecule has 0 fully saturated rings. The molecular formula is C7H8O4. The van der Waals surface area contributed by atoms with Crippen molar-refractivity contribution < 1.29 is 19.4 Å². The molecule has 0 spiro atoms. The lowest BCUT2D eigenvalue weighted by atomic mass is 10.1. The van der Waals surface area contributed by atoms with E-state index in [1.165, 1.54) is 0 Å². The van der Waals surface area contributed by atoms with E-state index < -0.39 is 18.0 Å². The molecule has 0 saturated carbocycles. The molecule has 0 aromatic heterocycles. The molecule has 11 heavy (non-hydrogen) atoms. The minimum absolute atomic E-state index is 0.225. The summed E-state index contributed by atoms with van der Waals surface area (Å²) in [5.74, 6) is -1.95. The van der Waals surface area contributed by atoms with Gasteiger partial charge in [0.2, 0.25) is 0 Å². The maximum absolute atomic E-state index is 10.8. The smallest absolute Gasteiger partial charge is 0.346 e. The number of carboxylic acid groups (broad SMARTS) is 1. The summed E-state index contributed by atoms with van der Waals surface area (Å²) in [7, 11) is 0. The number of cyclic esters (lactones) is 1. The largest absolute Gasteiger partial charge is 0.477 e. The van der Waals surface area contributed by atoms with Crippen LogP contribution in [0.5, 0.6) is 0 Å². The summed E-state index contributed by atoms with van der Waals surface area (Å²) in [6.45, 7) is 3.22. The normalized spacial score (nSPS) is 23.8. The number of rotatable bonds is 1. The third-order valence-electron chi connectivity index (χ3n) is 1.71. The monoisotopic (exact) mass is 156 g/mol. The van der Waals surface area contributed by atoms with Gasteiger partial charge in [0.1, 0.15) is 11.7 Å². The zero-order valence-electron chi connectivity index (χ0n) is 6.25. The highest BCUT2D eigenvalue weighted by Crippen LogP contribution is 2.21. The van der Waals surface area contributed by atoms with Crippen molar-refractivity contribution in [3.8, 4) is 0 Å². The zero-order valence-corrected chi connectivity index (χ0v) is 6.25. The Balaban J connectivity index is 3.07. The number of carbonyl (C=O) groups is 2. The summed E-state index contributed by atoms with van der Waals surface area (Å²) in [5, 5.41) is 8.51. The number of carboxylic acids is 1. The number of carbonyl (C=O) groups excluding carboxylic acids is 1. The Labute approximate surface area is 63.5 Å². The highest BCUT2D eigenvalue weighted by atomic mass is 16.5. The topological polar surface area (TPSA) is 63.6 Å². The van der Waals surface area contributed by atoms with Crippen molar-refractivity contribution in [1.82, 2.24) is 0 Å². The lowest BCUT2D eigenvalue weighted by Gasteiger charge is -2.00. The Morgan fingerprint density at radius 1 is 1.64 bits per heavy atom. The van der Waals surface area contributed by atoms with Crippen LogP contribution in [-0.4, -0.2) is 23.1 Å². The van der Waals surface area contributed by atoms with Crippen LogP contribution in [0.15, 0.2) is 11.1 Å². The van der Waals surface area contributed by atoms with E-state index in [1.54, 1.807) is 13.8 Å². The molecular weight excluding hydrogens is 148 g/mol. The van der Waals surface area contributed by atoms with Crippen LogP contribution in [0.4, 0.5) is 0 Å². The van der Waals surface area contributed by atoms with Gasteiger partial charge in [-0.1, -0.05) is 0 Å². The first-order valence-corrected chi connectivity index (χ1v) is 3.19. The van der Waals surface area contributed by atoms with E-state index in [0.29, 0.717) is 5.57 Å². The summed E-state index contributed by atoms with van der Waals surface area (Å²) < 4.78 is 4.65. The van der Waals surface area contributed by atoms with E-state index in [1.807, 2.05) is 0 Å². The fourth-order valence-electron chi connectivity index (χ4n) is 0.928. The first-order chi connectivity index (χ1) is 5.04. The molecule has 1 aliphatic heterocycles. The molecule has 1 heterocycles. The summed E-state index contributed by atoms with van der Waals surface area (Å²) in [6, 6.07) is 0. The van der Waals surface area contributed by atoms with Crippen LogP contribution in [0.1, 0.15) is 13.8 Å².